The molecule has 1 atom stereocenters. The number of carbonyl (C=O) groups is 1. The molecular formula is C22H20BrN3O2. The first-order valence-electron chi connectivity index (χ1n) is 8.98. The SMILES string of the molecule is C=CCN1C(=O)c2[nH]nc(-c3c(C)cc(C)cc3O)c2C1c1cccc(Br)c1. The zero-order valence-corrected chi connectivity index (χ0v) is 17.2. The zero-order chi connectivity index (χ0) is 20.0. The summed E-state index contributed by atoms with van der Waals surface area (Å²) in [5.74, 6) is 0.0392. The van der Waals surface area contributed by atoms with Crippen LogP contribution in [0.2, 0.25) is 0 Å². The van der Waals surface area contributed by atoms with E-state index in [4.69, 9.17) is 0 Å². The van der Waals surface area contributed by atoms with E-state index in [1.165, 1.54) is 0 Å². The van der Waals surface area contributed by atoms with Crippen molar-refractivity contribution in [3.63, 3.8) is 0 Å². The van der Waals surface area contributed by atoms with Crippen LogP contribution in [-0.2, 0) is 0 Å². The lowest BCUT2D eigenvalue weighted by Gasteiger charge is -2.25. The summed E-state index contributed by atoms with van der Waals surface area (Å²) in [6.07, 6.45) is 1.72. The van der Waals surface area contributed by atoms with E-state index in [0.29, 0.717) is 23.5 Å². The molecule has 28 heavy (non-hydrogen) atoms. The highest BCUT2D eigenvalue weighted by molar-refractivity contribution is 9.10. The first kappa shape index (κ1) is 18.5. The Balaban J connectivity index is 1.97. The molecule has 0 spiro atoms. The van der Waals surface area contributed by atoms with Crippen molar-refractivity contribution in [3.05, 3.63) is 81.5 Å². The number of aromatic nitrogens is 2. The number of nitrogens with zero attached hydrogens (tertiary/aromatic N) is 2. The molecule has 1 aliphatic heterocycles. The van der Waals surface area contributed by atoms with E-state index >= 15 is 0 Å². The number of benzene rings is 2. The lowest BCUT2D eigenvalue weighted by Crippen LogP contribution is -2.29. The minimum atomic E-state index is -0.313. The fourth-order valence-corrected chi connectivity index (χ4v) is 4.41. The van der Waals surface area contributed by atoms with Crippen molar-refractivity contribution in [2.75, 3.05) is 6.54 Å². The number of halogens is 1. The fraction of sp³-hybridized carbons (Fsp3) is 0.182. The fourth-order valence-electron chi connectivity index (χ4n) is 3.99. The maximum Gasteiger partial charge on any atom is 0.273 e. The van der Waals surface area contributed by atoms with E-state index < -0.39 is 0 Å². The molecule has 0 bridgehead atoms. The molecule has 5 nitrogen and oxygen atoms in total. The summed E-state index contributed by atoms with van der Waals surface area (Å²) in [5.41, 5.74) is 5.35. The van der Waals surface area contributed by atoms with Gasteiger partial charge in [-0.3, -0.25) is 9.89 Å². The second-order valence-corrected chi connectivity index (χ2v) is 7.96. The Morgan fingerprint density at radius 1 is 1.32 bits per heavy atom. The molecule has 142 valence electrons. The molecule has 2 N–H and O–H groups in total. The molecule has 2 aromatic carbocycles. The standard InChI is InChI=1S/C22H20BrN3O2/c1-4-8-26-21(14-6-5-7-15(23)11-14)18-19(24-25-20(18)22(26)28)17-13(3)9-12(2)10-16(17)27/h4-7,9-11,21,27H,1,8H2,2-3H3,(H,24,25). The number of fused-ring (bicyclic) bond motifs is 1. The van der Waals surface area contributed by atoms with Gasteiger partial charge in [0.25, 0.3) is 5.91 Å². The maximum atomic E-state index is 13.1. The van der Waals surface area contributed by atoms with Crippen molar-refractivity contribution >= 4 is 21.8 Å². The van der Waals surface area contributed by atoms with E-state index in [0.717, 1.165) is 26.7 Å². The highest BCUT2D eigenvalue weighted by atomic mass is 79.9. The molecule has 0 fully saturated rings. The monoisotopic (exact) mass is 437 g/mol. The summed E-state index contributed by atoms with van der Waals surface area (Å²) in [4.78, 5) is 14.8. The third kappa shape index (κ3) is 2.85. The minimum Gasteiger partial charge on any atom is -0.507 e. The minimum absolute atomic E-state index is 0.122. The predicted molar refractivity (Wildman–Crippen MR) is 112 cm³/mol. The molecule has 0 radical (unpaired) electrons. The number of phenols is 1. The van der Waals surface area contributed by atoms with Crippen LogP contribution in [-0.4, -0.2) is 32.7 Å². The molecule has 0 saturated heterocycles. The first-order valence-corrected chi connectivity index (χ1v) is 9.77. The predicted octanol–water partition coefficient (Wildman–Crippen LogP) is 4.89. The van der Waals surface area contributed by atoms with Crippen LogP contribution in [0.1, 0.15) is 38.8 Å². The number of phenolic OH excluding ortho intramolecular Hbond substituents is 1. The highest BCUT2D eigenvalue weighted by Crippen LogP contribution is 2.45. The van der Waals surface area contributed by atoms with E-state index in [1.807, 2.05) is 44.2 Å². The van der Waals surface area contributed by atoms with E-state index in [1.54, 1.807) is 17.0 Å². The summed E-state index contributed by atoms with van der Waals surface area (Å²) < 4.78 is 0.934. The van der Waals surface area contributed by atoms with Crippen molar-refractivity contribution in [2.45, 2.75) is 19.9 Å². The van der Waals surface area contributed by atoms with Crippen LogP contribution in [0.3, 0.4) is 0 Å². The summed E-state index contributed by atoms with van der Waals surface area (Å²) >= 11 is 3.52. The van der Waals surface area contributed by atoms with Crippen LogP contribution in [0, 0.1) is 13.8 Å². The summed E-state index contributed by atoms with van der Waals surface area (Å²) in [7, 11) is 0. The number of aryl methyl sites for hydroxylation is 2. The highest BCUT2D eigenvalue weighted by Gasteiger charge is 2.42. The van der Waals surface area contributed by atoms with Crippen molar-refractivity contribution in [1.29, 1.82) is 0 Å². The van der Waals surface area contributed by atoms with Gasteiger partial charge >= 0.3 is 0 Å². The van der Waals surface area contributed by atoms with Crippen LogP contribution in [0.4, 0.5) is 0 Å². The molecule has 2 heterocycles. The Hall–Kier alpha value is -2.86. The van der Waals surface area contributed by atoms with Crippen molar-refractivity contribution < 1.29 is 9.90 Å². The van der Waals surface area contributed by atoms with Crippen LogP contribution in [0.25, 0.3) is 11.3 Å². The van der Waals surface area contributed by atoms with Gasteiger partial charge in [-0.05, 0) is 48.7 Å². The Kier molecular flexibility index (Phi) is 4.59. The molecule has 1 aromatic heterocycles. The quantitative estimate of drug-likeness (QED) is 0.570. The number of amides is 1. The molecule has 1 amide bonds. The maximum absolute atomic E-state index is 13.1. The zero-order valence-electron chi connectivity index (χ0n) is 15.7. The topological polar surface area (TPSA) is 69.2 Å². The molecule has 1 aliphatic rings. The Morgan fingerprint density at radius 3 is 2.79 bits per heavy atom. The van der Waals surface area contributed by atoms with Gasteiger partial charge in [0.2, 0.25) is 0 Å². The second-order valence-electron chi connectivity index (χ2n) is 7.04. The molecule has 4 rings (SSSR count). The van der Waals surface area contributed by atoms with Gasteiger partial charge in [-0.2, -0.15) is 5.10 Å². The first-order chi connectivity index (χ1) is 13.4. The third-order valence-electron chi connectivity index (χ3n) is 5.05. The van der Waals surface area contributed by atoms with Gasteiger partial charge in [-0.15, -0.1) is 6.58 Å². The number of H-pyrrole nitrogens is 1. The van der Waals surface area contributed by atoms with Crippen molar-refractivity contribution in [2.24, 2.45) is 0 Å². The summed E-state index contributed by atoms with van der Waals surface area (Å²) in [6, 6.07) is 11.3. The Labute approximate surface area is 171 Å². The number of rotatable bonds is 4. The third-order valence-corrected chi connectivity index (χ3v) is 5.54. The summed E-state index contributed by atoms with van der Waals surface area (Å²) in [5, 5.41) is 18.0. The number of carbonyl (C=O) groups excluding carboxylic acids is 1. The number of nitrogens with one attached hydrogen (secondary N) is 1. The number of aromatic hydroxyl groups is 1. The Bertz CT molecular complexity index is 1080. The number of hydrogen-bond donors (Lipinski definition) is 2. The normalized spacial score (nSPS) is 15.8. The van der Waals surface area contributed by atoms with E-state index in [2.05, 4.69) is 32.7 Å². The molecule has 6 heteroatoms. The average molecular weight is 438 g/mol. The molecular weight excluding hydrogens is 418 g/mol. The van der Waals surface area contributed by atoms with Crippen LogP contribution in [0.15, 0.2) is 53.5 Å². The van der Waals surface area contributed by atoms with Gasteiger partial charge in [-0.25, -0.2) is 0 Å². The van der Waals surface area contributed by atoms with Gasteiger partial charge in [0.05, 0.1) is 6.04 Å². The lowest BCUT2D eigenvalue weighted by molar-refractivity contribution is 0.0764. The van der Waals surface area contributed by atoms with Crippen LogP contribution < -0.4 is 0 Å². The van der Waals surface area contributed by atoms with Gasteiger partial charge in [0.1, 0.15) is 17.1 Å². The molecule has 0 saturated carbocycles. The van der Waals surface area contributed by atoms with Gasteiger partial charge in [0.15, 0.2) is 0 Å². The average Bonchev–Trinajstić information content (AvgIpc) is 3.15. The number of aromatic amines is 1. The molecule has 1 unspecified atom stereocenters. The van der Waals surface area contributed by atoms with Gasteiger partial charge in [0, 0.05) is 22.1 Å². The van der Waals surface area contributed by atoms with E-state index in [-0.39, 0.29) is 17.7 Å². The van der Waals surface area contributed by atoms with Gasteiger partial charge in [-0.1, -0.05) is 40.2 Å². The second kappa shape index (κ2) is 6.95. The Morgan fingerprint density at radius 2 is 2.11 bits per heavy atom. The smallest absolute Gasteiger partial charge is 0.273 e. The summed E-state index contributed by atoms with van der Waals surface area (Å²) in [6.45, 7) is 8.09. The lowest BCUT2D eigenvalue weighted by atomic mass is 9.93. The van der Waals surface area contributed by atoms with E-state index in [9.17, 15) is 9.90 Å². The molecule has 3 aromatic rings. The van der Waals surface area contributed by atoms with Crippen molar-refractivity contribution in [3.8, 4) is 17.0 Å². The van der Waals surface area contributed by atoms with Crippen LogP contribution in [0.5, 0.6) is 5.75 Å². The largest absolute Gasteiger partial charge is 0.507 e. The molecule has 0 aliphatic carbocycles. The van der Waals surface area contributed by atoms with Crippen LogP contribution >= 0.6 is 15.9 Å². The number of hydrogen-bond acceptors (Lipinski definition) is 3. The van der Waals surface area contributed by atoms with Gasteiger partial charge < -0.3 is 10.0 Å². The van der Waals surface area contributed by atoms with Crippen molar-refractivity contribution in [1.82, 2.24) is 15.1 Å².